The lowest BCUT2D eigenvalue weighted by Gasteiger charge is -2.12. The average Bonchev–Trinajstić information content (AvgIpc) is 2.58. The van der Waals surface area contributed by atoms with Crippen LogP contribution in [0.1, 0.15) is 37.5 Å². The summed E-state index contributed by atoms with van der Waals surface area (Å²) in [5.74, 6) is -0.887. The van der Waals surface area contributed by atoms with Crippen LogP contribution in [0.5, 0.6) is 0 Å². The summed E-state index contributed by atoms with van der Waals surface area (Å²) in [7, 11) is 0. The van der Waals surface area contributed by atoms with E-state index in [2.05, 4.69) is 68.6 Å². The Morgan fingerprint density at radius 1 is 1.04 bits per heavy atom. The third kappa shape index (κ3) is 5.09. The summed E-state index contributed by atoms with van der Waals surface area (Å²) in [6.45, 7) is 10.7. The molecule has 0 fully saturated rings. The number of hydrogen-bond donors (Lipinski definition) is 2. The molecule has 0 saturated carbocycles. The Bertz CT molecular complexity index is 855. The fraction of sp³-hybridized carbons (Fsp3) is 0.261. The van der Waals surface area contributed by atoms with Gasteiger partial charge in [-0.3, -0.25) is 0 Å². The number of benzene rings is 2. The zero-order valence-electron chi connectivity index (χ0n) is 16.2. The molecular formula is C23H27NO2. The summed E-state index contributed by atoms with van der Waals surface area (Å²) in [6.07, 6.45) is 3.89. The lowest BCUT2D eigenvalue weighted by molar-refractivity contribution is -0.132. The number of carboxylic acid groups (broad SMARTS) is 1. The highest BCUT2D eigenvalue weighted by molar-refractivity contribution is 5.92. The van der Waals surface area contributed by atoms with Gasteiger partial charge in [0.05, 0.1) is 0 Å². The summed E-state index contributed by atoms with van der Waals surface area (Å²) in [6, 6.07) is 12.6. The van der Waals surface area contributed by atoms with Crippen molar-refractivity contribution in [2.45, 2.75) is 34.6 Å². The van der Waals surface area contributed by atoms with Crippen molar-refractivity contribution in [3.05, 3.63) is 70.3 Å². The highest BCUT2D eigenvalue weighted by atomic mass is 16.4. The van der Waals surface area contributed by atoms with Crippen molar-refractivity contribution in [3.63, 3.8) is 0 Å². The van der Waals surface area contributed by atoms with Crippen molar-refractivity contribution >= 4 is 17.7 Å². The first-order valence-corrected chi connectivity index (χ1v) is 8.78. The highest BCUT2D eigenvalue weighted by Gasteiger charge is 2.08. The Labute approximate surface area is 156 Å². The third-order valence-electron chi connectivity index (χ3n) is 4.33. The number of anilines is 1. The summed E-state index contributed by atoms with van der Waals surface area (Å²) in [4.78, 5) is 11.1. The van der Waals surface area contributed by atoms with E-state index in [0.717, 1.165) is 34.5 Å². The van der Waals surface area contributed by atoms with Crippen molar-refractivity contribution in [2.24, 2.45) is 0 Å². The van der Waals surface area contributed by atoms with Crippen LogP contribution in [-0.2, 0) is 4.79 Å². The van der Waals surface area contributed by atoms with E-state index >= 15 is 0 Å². The molecular weight excluding hydrogens is 322 g/mol. The van der Waals surface area contributed by atoms with Gasteiger partial charge in [0.2, 0.25) is 0 Å². The molecule has 0 radical (unpaired) electrons. The van der Waals surface area contributed by atoms with Crippen LogP contribution >= 0.6 is 0 Å². The number of aryl methyl sites for hydroxylation is 2. The number of carbonyl (C=O) groups is 1. The van der Waals surface area contributed by atoms with Crippen molar-refractivity contribution < 1.29 is 9.90 Å². The normalized spacial score (nSPS) is 11.2. The second-order valence-corrected chi connectivity index (χ2v) is 6.90. The van der Waals surface area contributed by atoms with Gasteiger partial charge in [-0.2, -0.15) is 0 Å². The fourth-order valence-electron chi connectivity index (χ4n) is 2.74. The molecule has 136 valence electrons. The highest BCUT2D eigenvalue weighted by Crippen LogP contribution is 2.28. The molecule has 2 aromatic rings. The van der Waals surface area contributed by atoms with Gasteiger partial charge >= 0.3 is 5.97 Å². The largest absolute Gasteiger partial charge is 0.478 e. The second-order valence-electron chi connectivity index (χ2n) is 6.90. The molecule has 2 N–H and O–H groups in total. The fourth-order valence-corrected chi connectivity index (χ4v) is 2.74. The molecule has 0 saturated heterocycles. The summed E-state index contributed by atoms with van der Waals surface area (Å²) < 4.78 is 0. The Balaban J connectivity index is 2.26. The molecule has 0 unspecified atom stereocenters. The van der Waals surface area contributed by atoms with Crippen LogP contribution in [0.15, 0.2) is 53.6 Å². The van der Waals surface area contributed by atoms with Gasteiger partial charge in [0.15, 0.2) is 0 Å². The molecule has 0 atom stereocenters. The molecule has 26 heavy (non-hydrogen) atoms. The molecule has 0 bridgehead atoms. The molecule has 3 nitrogen and oxygen atoms in total. The SMILES string of the molecule is CC(C)=CCNc1ccc(-c2cc(C)c(/C=C(\C)C(=O)O)cc2C)cc1. The molecule has 0 amide bonds. The summed E-state index contributed by atoms with van der Waals surface area (Å²) >= 11 is 0. The van der Waals surface area contributed by atoms with E-state index in [1.54, 1.807) is 13.0 Å². The predicted molar refractivity (Wildman–Crippen MR) is 111 cm³/mol. The minimum atomic E-state index is -0.887. The van der Waals surface area contributed by atoms with Crippen molar-refractivity contribution in [1.29, 1.82) is 0 Å². The van der Waals surface area contributed by atoms with E-state index in [4.69, 9.17) is 5.11 Å². The number of allylic oxidation sites excluding steroid dienone is 1. The minimum Gasteiger partial charge on any atom is -0.478 e. The molecule has 0 aliphatic rings. The number of carboxylic acids is 1. The summed E-state index contributed by atoms with van der Waals surface area (Å²) in [5.41, 5.74) is 8.21. The van der Waals surface area contributed by atoms with Gasteiger partial charge in [0.1, 0.15) is 0 Å². The summed E-state index contributed by atoms with van der Waals surface area (Å²) in [5, 5.41) is 12.5. The van der Waals surface area contributed by atoms with Crippen LogP contribution in [0.2, 0.25) is 0 Å². The standard InChI is InChI=1S/C23H27NO2/c1-15(2)10-11-24-21-8-6-19(7-9-21)22-14-16(3)20(12-17(22)4)13-18(5)23(25)26/h6-10,12-14,24H,11H2,1-5H3,(H,25,26)/b18-13+. The van der Waals surface area contributed by atoms with Gasteiger partial charge in [-0.05, 0) is 80.6 Å². The molecule has 3 heteroatoms. The Morgan fingerprint density at radius 2 is 1.69 bits per heavy atom. The first-order chi connectivity index (χ1) is 12.3. The van der Waals surface area contributed by atoms with Crippen LogP contribution in [0, 0.1) is 13.8 Å². The van der Waals surface area contributed by atoms with Crippen molar-refractivity contribution in [2.75, 3.05) is 11.9 Å². The van der Waals surface area contributed by atoms with Gasteiger partial charge in [-0.1, -0.05) is 35.9 Å². The van der Waals surface area contributed by atoms with Gasteiger partial charge in [0.25, 0.3) is 0 Å². The molecule has 0 spiro atoms. The van der Waals surface area contributed by atoms with Crippen LogP contribution in [0.4, 0.5) is 5.69 Å². The number of nitrogens with one attached hydrogen (secondary N) is 1. The minimum absolute atomic E-state index is 0.340. The van der Waals surface area contributed by atoms with Crippen LogP contribution in [0.3, 0.4) is 0 Å². The van der Waals surface area contributed by atoms with Crippen LogP contribution in [0.25, 0.3) is 17.2 Å². The van der Waals surface area contributed by atoms with E-state index in [0.29, 0.717) is 5.57 Å². The Hall–Kier alpha value is -2.81. The van der Waals surface area contributed by atoms with Gasteiger partial charge in [0, 0.05) is 17.8 Å². The van der Waals surface area contributed by atoms with Crippen LogP contribution < -0.4 is 5.32 Å². The Kier molecular flexibility index (Phi) is 6.40. The van der Waals surface area contributed by atoms with E-state index in [1.807, 2.05) is 6.92 Å². The lowest BCUT2D eigenvalue weighted by atomic mass is 9.94. The number of rotatable bonds is 6. The maximum absolute atomic E-state index is 11.1. The van der Waals surface area contributed by atoms with E-state index < -0.39 is 5.97 Å². The quantitative estimate of drug-likeness (QED) is 0.509. The van der Waals surface area contributed by atoms with Crippen molar-refractivity contribution in [1.82, 2.24) is 0 Å². The monoisotopic (exact) mass is 349 g/mol. The molecule has 2 aromatic carbocycles. The lowest BCUT2D eigenvalue weighted by Crippen LogP contribution is -1.98. The third-order valence-corrected chi connectivity index (χ3v) is 4.33. The van der Waals surface area contributed by atoms with E-state index in [1.165, 1.54) is 11.1 Å². The van der Waals surface area contributed by atoms with Gasteiger partial charge < -0.3 is 10.4 Å². The first-order valence-electron chi connectivity index (χ1n) is 8.78. The maximum atomic E-state index is 11.1. The topological polar surface area (TPSA) is 49.3 Å². The number of hydrogen-bond acceptors (Lipinski definition) is 2. The van der Waals surface area contributed by atoms with Crippen LogP contribution in [-0.4, -0.2) is 17.6 Å². The smallest absolute Gasteiger partial charge is 0.331 e. The zero-order valence-corrected chi connectivity index (χ0v) is 16.2. The van der Waals surface area contributed by atoms with E-state index in [9.17, 15) is 4.79 Å². The molecule has 2 rings (SSSR count). The van der Waals surface area contributed by atoms with Gasteiger partial charge in [-0.25, -0.2) is 4.79 Å². The molecule has 0 aromatic heterocycles. The predicted octanol–water partition coefficient (Wildman–Crippen LogP) is 5.84. The second kappa shape index (κ2) is 8.52. The first kappa shape index (κ1) is 19.5. The molecule has 0 heterocycles. The van der Waals surface area contributed by atoms with Gasteiger partial charge in [-0.15, -0.1) is 0 Å². The molecule has 0 aliphatic carbocycles. The average molecular weight is 349 g/mol. The van der Waals surface area contributed by atoms with Crippen molar-refractivity contribution in [3.8, 4) is 11.1 Å². The zero-order chi connectivity index (χ0) is 19.3. The molecule has 0 aliphatic heterocycles. The number of aliphatic carboxylic acids is 1. The Morgan fingerprint density at radius 3 is 2.27 bits per heavy atom. The maximum Gasteiger partial charge on any atom is 0.331 e. The van der Waals surface area contributed by atoms with E-state index in [-0.39, 0.29) is 0 Å².